The van der Waals surface area contributed by atoms with Gasteiger partial charge in [0.05, 0.1) is 5.25 Å². The van der Waals surface area contributed by atoms with Crippen LogP contribution in [0.25, 0.3) is 0 Å². The molecule has 80 valence electrons. The van der Waals surface area contributed by atoms with Crippen LogP contribution in [0.3, 0.4) is 0 Å². The predicted molar refractivity (Wildman–Crippen MR) is 55.7 cm³/mol. The number of hydrogen-bond donors (Lipinski definition) is 2. The Bertz CT molecular complexity index is 420. The van der Waals surface area contributed by atoms with Crippen LogP contribution < -0.4 is 4.72 Å². The molecule has 1 aromatic rings. The van der Waals surface area contributed by atoms with Gasteiger partial charge in [-0.3, -0.25) is 9.82 Å². The molecule has 2 N–H and O–H groups in total. The summed E-state index contributed by atoms with van der Waals surface area (Å²) in [5.74, 6) is 0.385. The first-order valence-corrected chi connectivity index (χ1v) is 5.92. The van der Waals surface area contributed by atoms with Crippen molar-refractivity contribution >= 4 is 15.8 Å². The molecule has 0 atom stereocenters. The molecule has 0 aromatic carbocycles. The summed E-state index contributed by atoms with van der Waals surface area (Å²) in [6.07, 6.45) is 0. The molecule has 0 bridgehead atoms. The van der Waals surface area contributed by atoms with Crippen molar-refractivity contribution in [3.8, 4) is 0 Å². The summed E-state index contributed by atoms with van der Waals surface area (Å²) < 4.78 is 25.4. The zero-order chi connectivity index (χ0) is 10.9. The van der Waals surface area contributed by atoms with Crippen molar-refractivity contribution in [1.82, 2.24) is 10.2 Å². The minimum absolute atomic E-state index is 0.385. The van der Waals surface area contributed by atoms with Crippen molar-refractivity contribution in [3.05, 3.63) is 11.3 Å². The van der Waals surface area contributed by atoms with Crippen molar-refractivity contribution in [2.75, 3.05) is 4.72 Å². The van der Waals surface area contributed by atoms with Gasteiger partial charge in [0.2, 0.25) is 10.0 Å². The van der Waals surface area contributed by atoms with E-state index in [0.717, 1.165) is 11.3 Å². The number of H-pyrrole nitrogens is 1. The Balaban J connectivity index is 2.96. The van der Waals surface area contributed by atoms with Gasteiger partial charge in [0.1, 0.15) is 0 Å². The molecule has 1 aromatic heterocycles. The highest BCUT2D eigenvalue weighted by Gasteiger charge is 2.18. The van der Waals surface area contributed by atoms with Gasteiger partial charge < -0.3 is 0 Å². The highest BCUT2D eigenvalue weighted by molar-refractivity contribution is 7.93. The first kappa shape index (κ1) is 11.0. The van der Waals surface area contributed by atoms with E-state index < -0.39 is 15.3 Å². The second kappa shape index (κ2) is 3.61. The van der Waals surface area contributed by atoms with E-state index in [2.05, 4.69) is 14.9 Å². The maximum atomic E-state index is 11.5. The zero-order valence-electron chi connectivity index (χ0n) is 8.75. The van der Waals surface area contributed by atoms with Crippen LogP contribution in [-0.2, 0) is 10.0 Å². The fourth-order valence-corrected chi connectivity index (χ4v) is 1.54. The largest absolute Gasteiger partial charge is 0.280 e. The Morgan fingerprint density at radius 3 is 2.29 bits per heavy atom. The highest BCUT2D eigenvalue weighted by atomic mass is 32.2. The molecule has 0 spiro atoms. The van der Waals surface area contributed by atoms with E-state index in [1.54, 1.807) is 13.8 Å². The zero-order valence-corrected chi connectivity index (χ0v) is 9.57. The molecule has 1 heterocycles. The number of nitrogens with one attached hydrogen (secondary N) is 2. The van der Waals surface area contributed by atoms with Gasteiger partial charge in [-0.1, -0.05) is 0 Å². The number of hydrogen-bond acceptors (Lipinski definition) is 3. The molecule has 6 heteroatoms. The van der Waals surface area contributed by atoms with Crippen molar-refractivity contribution in [3.63, 3.8) is 0 Å². The minimum atomic E-state index is -3.29. The average molecular weight is 217 g/mol. The molecule has 0 fully saturated rings. The maximum absolute atomic E-state index is 11.5. The van der Waals surface area contributed by atoms with Gasteiger partial charge in [-0.15, -0.1) is 0 Å². The van der Waals surface area contributed by atoms with E-state index in [1.165, 1.54) is 0 Å². The SMILES string of the molecule is Cc1[nH]nc(NS(=O)(=O)C(C)C)c1C. The number of aromatic nitrogens is 2. The summed E-state index contributed by atoms with van der Waals surface area (Å²) in [5, 5.41) is 6.13. The van der Waals surface area contributed by atoms with Crippen LogP contribution in [0.1, 0.15) is 25.1 Å². The standard InChI is InChI=1S/C8H15N3O2S/c1-5(2)14(12,13)11-8-6(3)7(4)9-10-8/h5H,1-4H3,(H2,9,10,11). The van der Waals surface area contributed by atoms with Gasteiger partial charge in [0.25, 0.3) is 0 Å². The van der Waals surface area contributed by atoms with Gasteiger partial charge in [-0.25, -0.2) is 8.42 Å². The van der Waals surface area contributed by atoms with Crippen molar-refractivity contribution < 1.29 is 8.42 Å². The van der Waals surface area contributed by atoms with Crippen LogP contribution in [0.5, 0.6) is 0 Å². The average Bonchev–Trinajstić information content (AvgIpc) is 2.35. The molecule has 0 saturated carbocycles. The van der Waals surface area contributed by atoms with Gasteiger partial charge in [0.15, 0.2) is 5.82 Å². The molecular weight excluding hydrogens is 202 g/mol. The van der Waals surface area contributed by atoms with Gasteiger partial charge in [-0.2, -0.15) is 5.10 Å². The van der Waals surface area contributed by atoms with Crippen molar-refractivity contribution in [2.24, 2.45) is 0 Å². The van der Waals surface area contributed by atoms with Crippen LogP contribution >= 0.6 is 0 Å². The fourth-order valence-electron chi connectivity index (χ4n) is 0.837. The summed E-state index contributed by atoms with van der Waals surface area (Å²) in [6, 6.07) is 0. The summed E-state index contributed by atoms with van der Waals surface area (Å²) in [7, 11) is -3.29. The number of sulfonamides is 1. The van der Waals surface area contributed by atoms with Crippen LogP contribution in [0, 0.1) is 13.8 Å². The normalized spacial score (nSPS) is 12.1. The number of rotatable bonds is 3. The van der Waals surface area contributed by atoms with Crippen LogP contribution in [0.15, 0.2) is 0 Å². The Kier molecular flexibility index (Phi) is 2.84. The lowest BCUT2D eigenvalue weighted by atomic mass is 10.3. The van der Waals surface area contributed by atoms with E-state index >= 15 is 0 Å². The summed E-state index contributed by atoms with van der Waals surface area (Å²) in [5.41, 5.74) is 1.70. The smallest absolute Gasteiger partial charge is 0.236 e. The molecule has 0 aliphatic heterocycles. The molecule has 0 aliphatic rings. The van der Waals surface area contributed by atoms with E-state index in [1.807, 2.05) is 13.8 Å². The van der Waals surface area contributed by atoms with Gasteiger partial charge in [0, 0.05) is 11.3 Å². The van der Waals surface area contributed by atoms with Crippen LogP contribution in [0.2, 0.25) is 0 Å². The topological polar surface area (TPSA) is 74.8 Å². The van der Waals surface area contributed by atoms with E-state index in [0.29, 0.717) is 5.82 Å². The number of anilines is 1. The molecule has 14 heavy (non-hydrogen) atoms. The Morgan fingerprint density at radius 1 is 1.36 bits per heavy atom. The van der Waals surface area contributed by atoms with Gasteiger partial charge >= 0.3 is 0 Å². The first-order valence-electron chi connectivity index (χ1n) is 4.38. The number of aromatic amines is 1. The monoisotopic (exact) mass is 217 g/mol. The molecule has 5 nitrogen and oxygen atoms in total. The van der Waals surface area contributed by atoms with Crippen molar-refractivity contribution in [2.45, 2.75) is 32.9 Å². The van der Waals surface area contributed by atoms with E-state index in [-0.39, 0.29) is 0 Å². The first-order chi connectivity index (χ1) is 6.34. The van der Waals surface area contributed by atoms with Crippen LogP contribution in [-0.4, -0.2) is 23.9 Å². The quantitative estimate of drug-likeness (QED) is 0.798. The molecule has 1 rings (SSSR count). The summed E-state index contributed by atoms with van der Waals surface area (Å²) in [6.45, 7) is 6.90. The lowest BCUT2D eigenvalue weighted by Crippen LogP contribution is -2.23. The second-order valence-electron chi connectivity index (χ2n) is 3.52. The Morgan fingerprint density at radius 2 is 1.93 bits per heavy atom. The molecule has 0 amide bonds. The molecule has 0 aliphatic carbocycles. The summed E-state index contributed by atoms with van der Waals surface area (Å²) >= 11 is 0. The molecule has 0 saturated heterocycles. The van der Waals surface area contributed by atoms with E-state index in [4.69, 9.17) is 0 Å². The minimum Gasteiger partial charge on any atom is -0.280 e. The second-order valence-corrected chi connectivity index (χ2v) is 5.75. The Hall–Kier alpha value is -1.04. The number of aryl methyl sites for hydroxylation is 1. The molecule has 0 radical (unpaired) electrons. The van der Waals surface area contributed by atoms with Crippen LogP contribution in [0.4, 0.5) is 5.82 Å². The van der Waals surface area contributed by atoms with E-state index in [9.17, 15) is 8.42 Å². The lowest BCUT2D eigenvalue weighted by Gasteiger charge is -2.08. The molecular formula is C8H15N3O2S. The highest BCUT2D eigenvalue weighted by Crippen LogP contribution is 2.16. The number of nitrogens with zero attached hydrogens (tertiary/aromatic N) is 1. The third-order valence-corrected chi connectivity index (χ3v) is 3.83. The Labute approximate surface area is 84.0 Å². The van der Waals surface area contributed by atoms with Crippen molar-refractivity contribution in [1.29, 1.82) is 0 Å². The third-order valence-electron chi connectivity index (χ3n) is 2.11. The molecule has 0 unspecified atom stereocenters. The fraction of sp³-hybridized carbons (Fsp3) is 0.625. The third kappa shape index (κ3) is 2.06. The van der Waals surface area contributed by atoms with Gasteiger partial charge in [-0.05, 0) is 27.7 Å². The summed E-state index contributed by atoms with van der Waals surface area (Å²) in [4.78, 5) is 0. The maximum Gasteiger partial charge on any atom is 0.236 e. The predicted octanol–water partition coefficient (Wildman–Crippen LogP) is 1.18. The lowest BCUT2D eigenvalue weighted by molar-refractivity contribution is 0.592.